The van der Waals surface area contributed by atoms with E-state index in [1.165, 1.54) is 52.7 Å². The number of hydrogen-bond donors (Lipinski definition) is 2. The minimum atomic E-state index is -3.92. The summed E-state index contributed by atoms with van der Waals surface area (Å²) in [5.41, 5.74) is 0.950. The highest BCUT2D eigenvalue weighted by atomic mass is 32.2. The van der Waals surface area contributed by atoms with E-state index < -0.39 is 16.0 Å². The van der Waals surface area contributed by atoms with E-state index in [2.05, 4.69) is 4.72 Å². The Hall–Kier alpha value is -3.40. The van der Waals surface area contributed by atoms with E-state index in [4.69, 9.17) is 24.1 Å². The van der Waals surface area contributed by atoms with Gasteiger partial charge in [-0.2, -0.15) is 0 Å². The zero-order valence-electron chi connectivity index (χ0n) is 17.0. The molecule has 30 heavy (non-hydrogen) atoms. The van der Waals surface area contributed by atoms with Gasteiger partial charge in [0, 0.05) is 23.4 Å². The van der Waals surface area contributed by atoms with Gasteiger partial charge in [0.1, 0.15) is 23.0 Å². The number of benzene rings is 2. The zero-order valence-corrected chi connectivity index (χ0v) is 17.8. The lowest BCUT2D eigenvalue weighted by atomic mass is 10.1. The molecule has 0 aromatic heterocycles. The average Bonchev–Trinajstić information content (AvgIpc) is 2.71. The van der Waals surface area contributed by atoms with Crippen molar-refractivity contribution >= 4 is 27.8 Å². The van der Waals surface area contributed by atoms with E-state index in [9.17, 15) is 13.2 Å². The summed E-state index contributed by atoms with van der Waals surface area (Å²) in [5.74, 6) is 0.512. The number of nitrogens with one attached hydrogen (secondary N) is 1. The van der Waals surface area contributed by atoms with Gasteiger partial charge in [-0.25, -0.2) is 8.42 Å². The van der Waals surface area contributed by atoms with Crippen LogP contribution in [0.15, 0.2) is 35.7 Å². The molecule has 0 aliphatic heterocycles. The van der Waals surface area contributed by atoms with E-state index in [0.29, 0.717) is 34.1 Å². The summed E-state index contributed by atoms with van der Waals surface area (Å²) >= 11 is 0. The van der Waals surface area contributed by atoms with Crippen molar-refractivity contribution in [3.05, 3.63) is 46.9 Å². The lowest BCUT2D eigenvalue weighted by Crippen LogP contribution is -2.10. The molecule has 0 aliphatic carbocycles. The van der Waals surface area contributed by atoms with Gasteiger partial charge in [-0.3, -0.25) is 9.52 Å². The fourth-order valence-corrected chi connectivity index (χ4v) is 3.53. The van der Waals surface area contributed by atoms with Crippen molar-refractivity contribution in [2.45, 2.75) is 6.42 Å². The lowest BCUT2D eigenvalue weighted by Gasteiger charge is -2.13. The van der Waals surface area contributed by atoms with Crippen molar-refractivity contribution in [2.24, 2.45) is 0 Å². The van der Waals surface area contributed by atoms with E-state index in [0.717, 1.165) is 5.41 Å². The van der Waals surface area contributed by atoms with Gasteiger partial charge < -0.3 is 24.1 Å². The first kappa shape index (κ1) is 22.9. The summed E-state index contributed by atoms with van der Waals surface area (Å²) in [6.07, 6.45) is 1.02. The molecule has 0 spiro atoms. The van der Waals surface area contributed by atoms with Crippen molar-refractivity contribution in [3.63, 3.8) is 0 Å². The standard InChI is InChI=1S/C20H23NO8S/c1-26-15-11-18(28-3)16(19(12-15)29-4)7-8-30(24,25)21-14-5-6-17(27-2)13(9-14)10-20(22)23/h5-9,11-12,21H,10H2,1-4H3,(H,22,23)/b8-7+. The highest BCUT2D eigenvalue weighted by molar-refractivity contribution is 7.95. The van der Waals surface area contributed by atoms with Gasteiger partial charge in [-0.05, 0) is 24.3 Å². The summed E-state index contributed by atoms with van der Waals surface area (Å²) in [6.45, 7) is 0. The Balaban J connectivity index is 2.34. The molecule has 2 aromatic rings. The number of carbonyl (C=O) groups is 1. The maximum absolute atomic E-state index is 12.5. The normalized spacial score (nSPS) is 11.2. The SMILES string of the molecule is COc1cc(OC)c(/C=C/S(=O)(=O)Nc2ccc(OC)c(CC(=O)O)c2)c(OC)c1. The maximum Gasteiger partial charge on any atom is 0.307 e. The third-order valence-corrected chi connectivity index (χ3v) is 5.06. The van der Waals surface area contributed by atoms with Gasteiger partial charge in [0.2, 0.25) is 0 Å². The van der Waals surface area contributed by atoms with Gasteiger partial charge in [0.05, 0.1) is 45.8 Å². The molecule has 2 N–H and O–H groups in total. The van der Waals surface area contributed by atoms with Crippen LogP contribution in [-0.2, 0) is 21.2 Å². The van der Waals surface area contributed by atoms with Gasteiger partial charge in [-0.1, -0.05) is 0 Å². The second kappa shape index (κ2) is 9.88. The first-order valence-electron chi connectivity index (χ1n) is 8.62. The Labute approximate surface area is 174 Å². The van der Waals surface area contributed by atoms with E-state index in [1.54, 1.807) is 12.1 Å². The summed E-state index contributed by atoms with van der Waals surface area (Å²) < 4.78 is 48.3. The van der Waals surface area contributed by atoms with Crippen LogP contribution in [0.25, 0.3) is 6.08 Å². The number of anilines is 1. The molecule has 0 radical (unpaired) electrons. The molecule has 9 nitrogen and oxygen atoms in total. The van der Waals surface area contributed by atoms with E-state index >= 15 is 0 Å². The molecular formula is C20H23NO8S. The molecular weight excluding hydrogens is 414 g/mol. The summed E-state index contributed by atoms with van der Waals surface area (Å²) in [5, 5.41) is 9.98. The van der Waals surface area contributed by atoms with Crippen LogP contribution < -0.4 is 23.7 Å². The van der Waals surface area contributed by atoms with E-state index in [-0.39, 0.29) is 12.1 Å². The average molecular weight is 437 g/mol. The van der Waals surface area contributed by atoms with Crippen molar-refractivity contribution in [1.29, 1.82) is 0 Å². The number of aliphatic carboxylic acids is 1. The Morgan fingerprint density at radius 2 is 1.57 bits per heavy atom. The zero-order chi connectivity index (χ0) is 22.3. The highest BCUT2D eigenvalue weighted by Gasteiger charge is 2.14. The van der Waals surface area contributed by atoms with Crippen molar-refractivity contribution < 1.29 is 37.3 Å². The third-order valence-electron chi connectivity index (χ3n) is 4.05. The molecule has 0 saturated carbocycles. The summed E-state index contributed by atoms with van der Waals surface area (Å²) in [6, 6.07) is 7.58. The monoisotopic (exact) mass is 437 g/mol. The molecule has 0 atom stereocenters. The number of sulfonamides is 1. The number of carboxylic acids is 1. The molecule has 0 saturated heterocycles. The van der Waals surface area contributed by atoms with Gasteiger partial charge in [-0.15, -0.1) is 0 Å². The van der Waals surface area contributed by atoms with Crippen LogP contribution in [-0.4, -0.2) is 47.9 Å². The van der Waals surface area contributed by atoms with Crippen LogP contribution in [0, 0.1) is 0 Å². The number of ether oxygens (including phenoxy) is 4. The number of methoxy groups -OCH3 is 4. The van der Waals surface area contributed by atoms with Crippen LogP contribution in [0.2, 0.25) is 0 Å². The van der Waals surface area contributed by atoms with Crippen LogP contribution in [0.1, 0.15) is 11.1 Å². The van der Waals surface area contributed by atoms with E-state index in [1.807, 2.05) is 0 Å². The number of hydrogen-bond acceptors (Lipinski definition) is 7. The fourth-order valence-electron chi connectivity index (χ4n) is 2.70. The second-order valence-corrected chi connectivity index (χ2v) is 7.56. The largest absolute Gasteiger partial charge is 0.496 e. The Bertz CT molecular complexity index is 1020. The molecule has 10 heteroatoms. The summed E-state index contributed by atoms with van der Waals surface area (Å²) in [4.78, 5) is 11.0. The fraction of sp³-hybridized carbons (Fsp3) is 0.250. The Kier molecular flexibility index (Phi) is 7.54. The predicted octanol–water partition coefficient (Wildman–Crippen LogP) is 2.76. The molecule has 0 heterocycles. The molecule has 162 valence electrons. The van der Waals surface area contributed by atoms with Gasteiger partial charge in [0.25, 0.3) is 10.0 Å². The number of rotatable bonds is 10. The number of carboxylic acid groups (broad SMARTS) is 1. The second-order valence-electron chi connectivity index (χ2n) is 5.99. The third kappa shape index (κ3) is 5.80. The smallest absolute Gasteiger partial charge is 0.307 e. The van der Waals surface area contributed by atoms with Crippen LogP contribution in [0.4, 0.5) is 5.69 Å². The quantitative estimate of drug-likeness (QED) is 0.582. The van der Waals surface area contributed by atoms with Crippen molar-refractivity contribution in [2.75, 3.05) is 33.2 Å². The maximum atomic E-state index is 12.5. The van der Waals surface area contributed by atoms with Crippen LogP contribution >= 0.6 is 0 Å². The molecule has 0 amide bonds. The molecule has 2 aromatic carbocycles. The molecule has 0 unspecified atom stereocenters. The molecule has 2 rings (SSSR count). The minimum Gasteiger partial charge on any atom is -0.496 e. The molecule has 0 aliphatic rings. The predicted molar refractivity (Wildman–Crippen MR) is 112 cm³/mol. The minimum absolute atomic E-state index is 0.199. The first-order chi connectivity index (χ1) is 14.2. The van der Waals surface area contributed by atoms with Gasteiger partial charge in [0.15, 0.2) is 0 Å². The van der Waals surface area contributed by atoms with Crippen LogP contribution in [0.5, 0.6) is 23.0 Å². The summed E-state index contributed by atoms with van der Waals surface area (Å²) in [7, 11) is 1.86. The lowest BCUT2D eigenvalue weighted by molar-refractivity contribution is -0.136. The Morgan fingerprint density at radius 1 is 0.967 bits per heavy atom. The Morgan fingerprint density at radius 3 is 2.07 bits per heavy atom. The van der Waals surface area contributed by atoms with Crippen LogP contribution in [0.3, 0.4) is 0 Å². The topological polar surface area (TPSA) is 120 Å². The molecule has 0 bridgehead atoms. The molecule has 0 fully saturated rings. The first-order valence-corrected chi connectivity index (χ1v) is 10.2. The van der Waals surface area contributed by atoms with Crippen molar-refractivity contribution in [3.8, 4) is 23.0 Å². The van der Waals surface area contributed by atoms with Crippen molar-refractivity contribution in [1.82, 2.24) is 0 Å². The van der Waals surface area contributed by atoms with Gasteiger partial charge >= 0.3 is 5.97 Å². The highest BCUT2D eigenvalue weighted by Crippen LogP contribution is 2.35.